The predicted octanol–water partition coefficient (Wildman–Crippen LogP) is 4.67. The second-order valence-corrected chi connectivity index (χ2v) is 7.92. The summed E-state index contributed by atoms with van der Waals surface area (Å²) in [6.07, 6.45) is 4.92. The number of aromatic nitrogens is 1. The number of pyridine rings is 1. The first kappa shape index (κ1) is 23.8. The SMILES string of the molecule is C=CCOc1cccc([C@H]2C(=C(O)c3ccc(OCC)cc3)C(=O)C(=O)N2Cc2cccnc2)c1. The molecule has 35 heavy (non-hydrogen) atoms. The Morgan fingerprint density at radius 3 is 2.57 bits per heavy atom. The number of rotatable bonds is 9. The standard InChI is InChI=1S/C28H26N2O5/c1-3-15-35-23-9-5-8-21(16-23)25-24(26(31)20-10-12-22(13-11-20)34-4-2)27(32)28(33)30(25)18-19-7-6-14-29-17-19/h3,5-14,16-17,25,31H,1,4,15,18H2,2H3/t25-/m0/s1. The van der Waals surface area contributed by atoms with Gasteiger partial charge in [0, 0.05) is 24.5 Å². The minimum Gasteiger partial charge on any atom is -0.507 e. The van der Waals surface area contributed by atoms with Crippen molar-refractivity contribution in [1.82, 2.24) is 9.88 Å². The molecule has 3 aromatic rings. The highest BCUT2D eigenvalue weighted by atomic mass is 16.5. The highest BCUT2D eigenvalue weighted by Crippen LogP contribution is 2.41. The van der Waals surface area contributed by atoms with Crippen molar-refractivity contribution in [1.29, 1.82) is 0 Å². The number of nitrogens with zero attached hydrogens (tertiary/aromatic N) is 2. The summed E-state index contributed by atoms with van der Waals surface area (Å²) in [5.41, 5.74) is 1.84. The van der Waals surface area contributed by atoms with Crippen LogP contribution in [0.25, 0.3) is 5.76 Å². The van der Waals surface area contributed by atoms with E-state index in [1.807, 2.05) is 13.0 Å². The average Bonchev–Trinajstić information content (AvgIpc) is 3.13. The number of likely N-dealkylation sites (tertiary alicyclic amines) is 1. The summed E-state index contributed by atoms with van der Waals surface area (Å²) in [6, 6.07) is 16.7. The van der Waals surface area contributed by atoms with E-state index >= 15 is 0 Å². The maximum absolute atomic E-state index is 13.2. The minimum absolute atomic E-state index is 0.0175. The molecule has 7 nitrogen and oxygen atoms in total. The quantitative estimate of drug-likeness (QED) is 0.212. The van der Waals surface area contributed by atoms with Gasteiger partial charge in [-0.1, -0.05) is 30.9 Å². The molecule has 1 amide bonds. The molecular formula is C28H26N2O5. The number of benzene rings is 2. The maximum Gasteiger partial charge on any atom is 0.295 e. The van der Waals surface area contributed by atoms with Crippen molar-refractivity contribution in [2.75, 3.05) is 13.2 Å². The zero-order chi connectivity index (χ0) is 24.8. The molecule has 0 spiro atoms. The normalized spacial score (nSPS) is 16.8. The van der Waals surface area contributed by atoms with Gasteiger partial charge in [0.15, 0.2) is 0 Å². The largest absolute Gasteiger partial charge is 0.507 e. The number of carbonyl (C=O) groups excluding carboxylic acids is 2. The van der Waals surface area contributed by atoms with E-state index in [1.54, 1.807) is 73.1 Å². The lowest BCUT2D eigenvalue weighted by molar-refractivity contribution is -0.140. The van der Waals surface area contributed by atoms with Crippen LogP contribution in [-0.4, -0.2) is 39.9 Å². The zero-order valence-corrected chi connectivity index (χ0v) is 19.4. The van der Waals surface area contributed by atoms with Crippen LogP contribution in [0.4, 0.5) is 0 Å². The molecule has 1 fully saturated rings. The fraction of sp³-hybridized carbons (Fsp3) is 0.179. The van der Waals surface area contributed by atoms with Crippen molar-refractivity contribution in [2.45, 2.75) is 19.5 Å². The summed E-state index contributed by atoms with van der Waals surface area (Å²) in [4.78, 5) is 32.0. The van der Waals surface area contributed by atoms with E-state index < -0.39 is 17.7 Å². The van der Waals surface area contributed by atoms with Gasteiger partial charge in [-0.2, -0.15) is 0 Å². The average molecular weight is 471 g/mol. The minimum atomic E-state index is -0.811. The van der Waals surface area contributed by atoms with E-state index in [0.717, 1.165) is 5.56 Å². The highest BCUT2D eigenvalue weighted by molar-refractivity contribution is 6.46. The van der Waals surface area contributed by atoms with Crippen molar-refractivity contribution in [3.63, 3.8) is 0 Å². The second kappa shape index (κ2) is 10.7. The molecule has 1 N–H and O–H groups in total. The molecule has 1 aromatic heterocycles. The molecule has 4 rings (SSSR count). The van der Waals surface area contributed by atoms with Gasteiger partial charge in [-0.25, -0.2) is 0 Å². The van der Waals surface area contributed by atoms with E-state index in [4.69, 9.17) is 9.47 Å². The third-order valence-electron chi connectivity index (χ3n) is 5.60. The van der Waals surface area contributed by atoms with Gasteiger partial charge >= 0.3 is 0 Å². The zero-order valence-electron chi connectivity index (χ0n) is 19.4. The topological polar surface area (TPSA) is 89.0 Å². The van der Waals surface area contributed by atoms with Crippen LogP contribution in [-0.2, 0) is 16.1 Å². The number of amides is 1. The molecule has 178 valence electrons. The Kier molecular flexibility index (Phi) is 7.26. The highest BCUT2D eigenvalue weighted by Gasteiger charge is 2.46. The van der Waals surface area contributed by atoms with E-state index in [1.165, 1.54) is 4.90 Å². The Labute approximate surface area is 203 Å². The van der Waals surface area contributed by atoms with Gasteiger partial charge in [0.25, 0.3) is 11.7 Å². The number of ether oxygens (including phenoxy) is 2. The molecule has 1 aliphatic heterocycles. The first-order valence-corrected chi connectivity index (χ1v) is 11.3. The number of Topliss-reactive ketones (excluding diaryl/α,β-unsaturated/α-hetero) is 1. The number of hydrogen-bond acceptors (Lipinski definition) is 6. The van der Waals surface area contributed by atoms with Gasteiger partial charge < -0.3 is 19.5 Å². The van der Waals surface area contributed by atoms with Crippen LogP contribution in [0, 0.1) is 0 Å². The van der Waals surface area contributed by atoms with Crippen molar-refractivity contribution in [3.05, 3.63) is 108 Å². The van der Waals surface area contributed by atoms with Gasteiger partial charge in [0.05, 0.1) is 18.2 Å². The molecular weight excluding hydrogens is 444 g/mol. The van der Waals surface area contributed by atoms with Crippen LogP contribution >= 0.6 is 0 Å². The maximum atomic E-state index is 13.2. The lowest BCUT2D eigenvalue weighted by Crippen LogP contribution is -2.29. The van der Waals surface area contributed by atoms with Gasteiger partial charge in [0.1, 0.15) is 23.9 Å². The molecule has 2 heterocycles. The number of aliphatic hydroxyl groups is 1. The molecule has 2 aromatic carbocycles. The lowest BCUT2D eigenvalue weighted by atomic mass is 9.95. The van der Waals surface area contributed by atoms with Crippen LogP contribution < -0.4 is 9.47 Å². The van der Waals surface area contributed by atoms with E-state index in [9.17, 15) is 14.7 Å². The summed E-state index contributed by atoms with van der Waals surface area (Å²) in [7, 11) is 0. The molecule has 1 atom stereocenters. The van der Waals surface area contributed by atoms with Crippen LogP contribution in [0.5, 0.6) is 11.5 Å². The first-order chi connectivity index (χ1) is 17.0. The van der Waals surface area contributed by atoms with Crippen molar-refractivity contribution in [3.8, 4) is 11.5 Å². The lowest BCUT2D eigenvalue weighted by Gasteiger charge is -2.25. The summed E-state index contributed by atoms with van der Waals surface area (Å²) in [6.45, 7) is 6.52. The summed E-state index contributed by atoms with van der Waals surface area (Å²) in [5, 5.41) is 11.2. The molecule has 0 aliphatic carbocycles. The van der Waals surface area contributed by atoms with Gasteiger partial charge in [-0.05, 0) is 60.5 Å². The molecule has 0 unspecified atom stereocenters. The van der Waals surface area contributed by atoms with E-state index in [-0.39, 0.29) is 17.9 Å². The Morgan fingerprint density at radius 1 is 1.09 bits per heavy atom. The van der Waals surface area contributed by atoms with Gasteiger partial charge in [-0.15, -0.1) is 0 Å². The van der Waals surface area contributed by atoms with Crippen LogP contribution in [0.3, 0.4) is 0 Å². The predicted molar refractivity (Wildman–Crippen MR) is 132 cm³/mol. The van der Waals surface area contributed by atoms with E-state index in [0.29, 0.717) is 35.8 Å². The van der Waals surface area contributed by atoms with Crippen LogP contribution in [0.15, 0.2) is 91.3 Å². The number of aliphatic hydroxyl groups excluding tert-OH is 1. The van der Waals surface area contributed by atoms with E-state index in [2.05, 4.69) is 11.6 Å². The summed E-state index contributed by atoms with van der Waals surface area (Å²) < 4.78 is 11.1. The van der Waals surface area contributed by atoms with Crippen LogP contribution in [0.1, 0.15) is 29.7 Å². The third-order valence-corrected chi connectivity index (χ3v) is 5.60. The summed E-state index contributed by atoms with van der Waals surface area (Å²) in [5.74, 6) is -0.478. The summed E-state index contributed by atoms with van der Waals surface area (Å²) >= 11 is 0. The molecule has 1 aliphatic rings. The fourth-order valence-corrected chi connectivity index (χ4v) is 4.04. The fourth-order valence-electron chi connectivity index (χ4n) is 4.04. The van der Waals surface area contributed by atoms with Gasteiger partial charge in [-0.3, -0.25) is 14.6 Å². The number of ketones is 1. The molecule has 0 saturated carbocycles. The Bertz CT molecular complexity index is 1250. The van der Waals surface area contributed by atoms with Crippen molar-refractivity contribution < 1.29 is 24.2 Å². The second-order valence-electron chi connectivity index (χ2n) is 7.92. The smallest absolute Gasteiger partial charge is 0.295 e. The van der Waals surface area contributed by atoms with Crippen molar-refractivity contribution in [2.24, 2.45) is 0 Å². The molecule has 1 saturated heterocycles. The first-order valence-electron chi connectivity index (χ1n) is 11.3. The van der Waals surface area contributed by atoms with Gasteiger partial charge in [0.2, 0.25) is 0 Å². The molecule has 0 bridgehead atoms. The monoisotopic (exact) mass is 470 g/mol. The Hall–Kier alpha value is -4.39. The molecule has 0 radical (unpaired) electrons. The number of hydrogen-bond donors (Lipinski definition) is 1. The Morgan fingerprint density at radius 2 is 1.89 bits per heavy atom. The molecule has 7 heteroatoms. The Balaban J connectivity index is 1.81. The van der Waals surface area contributed by atoms with Crippen molar-refractivity contribution >= 4 is 17.4 Å². The van der Waals surface area contributed by atoms with Crippen LogP contribution in [0.2, 0.25) is 0 Å². The number of carbonyl (C=O) groups is 2. The third kappa shape index (κ3) is 5.09.